The van der Waals surface area contributed by atoms with Gasteiger partial charge in [0.2, 0.25) is 0 Å². The van der Waals surface area contributed by atoms with Gasteiger partial charge in [-0.2, -0.15) is 0 Å². The lowest BCUT2D eigenvalue weighted by Crippen LogP contribution is -2.17. The number of hydrogen-bond acceptors (Lipinski definition) is 2. The monoisotopic (exact) mass is 256 g/mol. The Kier molecular flexibility index (Phi) is 12.5. The zero-order chi connectivity index (χ0) is 13.6. The highest BCUT2D eigenvalue weighted by Gasteiger charge is 2.11. The third-order valence-corrected chi connectivity index (χ3v) is 3.37. The van der Waals surface area contributed by atoms with Gasteiger partial charge in [-0.15, -0.1) is 0 Å². The molecule has 0 aromatic rings. The predicted molar refractivity (Wildman–Crippen MR) is 77.7 cm³/mol. The fraction of sp³-hybridized carbons (Fsp3) is 0.938. The maximum Gasteiger partial charge on any atom is 0.306 e. The smallest absolute Gasteiger partial charge is 0.306 e. The van der Waals surface area contributed by atoms with Crippen LogP contribution < -0.4 is 0 Å². The summed E-state index contributed by atoms with van der Waals surface area (Å²) < 4.78 is 5.51. The van der Waals surface area contributed by atoms with Crippen LogP contribution in [-0.2, 0) is 9.53 Å². The Balaban J connectivity index is 3.56. The van der Waals surface area contributed by atoms with Gasteiger partial charge in [0.1, 0.15) is 6.10 Å². The largest absolute Gasteiger partial charge is 0.462 e. The summed E-state index contributed by atoms with van der Waals surface area (Å²) in [6.07, 6.45) is 12.3. The van der Waals surface area contributed by atoms with E-state index in [9.17, 15) is 4.79 Å². The standard InChI is InChI=1S/C16H32O2/c1-4-7-9-10-12-14-16(17)18-15(6-3)13-11-8-5-2/h15H,4-14H2,1-3H3. The molecule has 0 aromatic heterocycles. The van der Waals surface area contributed by atoms with E-state index in [1.54, 1.807) is 0 Å². The van der Waals surface area contributed by atoms with Crippen LogP contribution in [0.3, 0.4) is 0 Å². The Morgan fingerprint density at radius 2 is 1.50 bits per heavy atom. The van der Waals surface area contributed by atoms with E-state index >= 15 is 0 Å². The first-order chi connectivity index (χ1) is 8.74. The Morgan fingerprint density at radius 3 is 2.11 bits per heavy atom. The lowest BCUT2D eigenvalue weighted by Gasteiger charge is -2.16. The fourth-order valence-electron chi connectivity index (χ4n) is 2.09. The lowest BCUT2D eigenvalue weighted by atomic mass is 10.1. The number of unbranched alkanes of at least 4 members (excludes halogenated alkanes) is 6. The number of esters is 1. The van der Waals surface area contributed by atoms with Gasteiger partial charge in [0.25, 0.3) is 0 Å². The highest BCUT2D eigenvalue weighted by atomic mass is 16.5. The van der Waals surface area contributed by atoms with Crippen LogP contribution in [0.1, 0.15) is 91.4 Å². The lowest BCUT2D eigenvalue weighted by molar-refractivity contribution is -0.149. The molecule has 0 aliphatic heterocycles. The molecular formula is C16H32O2. The second kappa shape index (κ2) is 12.9. The van der Waals surface area contributed by atoms with Crippen LogP contribution in [0.25, 0.3) is 0 Å². The summed E-state index contributed by atoms with van der Waals surface area (Å²) in [5.74, 6) is 0.00912. The molecule has 0 aliphatic carbocycles. The van der Waals surface area contributed by atoms with Crippen molar-refractivity contribution in [3.63, 3.8) is 0 Å². The number of hydrogen-bond donors (Lipinski definition) is 0. The third-order valence-electron chi connectivity index (χ3n) is 3.37. The fourth-order valence-corrected chi connectivity index (χ4v) is 2.09. The summed E-state index contributed by atoms with van der Waals surface area (Å²) in [7, 11) is 0. The van der Waals surface area contributed by atoms with Gasteiger partial charge in [-0.05, 0) is 25.7 Å². The summed E-state index contributed by atoms with van der Waals surface area (Å²) in [5, 5.41) is 0. The van der Waals surface area contributed by atoms with Crippen LogP contribution in [0.5, 0.6) is 0 Å². The van der Waals surface area contributed by atoms with Gasteiger partial charge in [0.15, 0.2) is 0 Å². The first kappa shape index (κ1) is 17.5. The van der Waals surface area contributed by atoms with Crippen LogP contribution in [-0.4, -0.2) is 12.1 Å². The Bertz CT molecular complexity index is 190. The van der Waals surface area contributed by atoms with E-state index in [0.717, 1.165) is 25.7 Å². The van der Waals surface area contributed by atoms with Crippen LogP contribution >= 0.6 is 0 Å². The maximum absolute atomic E-state index is 11.7. The summed E-state index contributed by atoms with van der Waals surface area (Å²) in [6, 6.07) is 0. The molecule has 0 N–H and O–H groups in total. The molecule has 1 unspecified atom stereocenters. The van der Waals surface area contributed by atoms with E-state index in [0.29, 0.717) is 6.42 Å². The summed E-state index contributed by atoms with van der Waals surface area (Å²) in [5.41, 5.74) is 0. The Hall–Kier alpha value is -0.530. The molecule has 0 aliphatic rings. The molecule has 1 atom stereocenters. The van der Waals surface area contributed by atoms with Crippen LogP contribution in [0.4, 0.5) is 0 Å². The van der Waals surface area contributed by atoms with Crippen molar-refractivity contribution in [2.24, 2.45) is 0 Å². The molecule has 2 heteroatoms. The molecule has 0 amide bonds. The Labute approximate surface area is 113 Å². The van der Waals surface area contributed by atoms with Crippen LogP contribution in [0, 0.1) is 0 Å². The van der Waals surface area contributed by atoms with Crippen molar-refractivity contribution in [1.82, 2.24) is 0 Å². The normalized spacial score (nSPS) is 12.4. The molecule has 0 saturated heterocycles. The molecule has 0 saturated carbocycles. The molecule has 0 fully saturated rings. The summed E-state index contributed by atoms with van der Waals surface area (Å²) in [6.45, 7) is 6.50. The van der Waals surface area contributed by atoms with E-state index in [1.807, 2.05) is 0 Å². The second-order valence-corrected chi connectivity index (χ2v) is 5.18. The van der Waals surface area contributed by atoms with Gasteiger partial charge in [-0.1, -0.05) is 59.3 Å². The summed E-state index contributed by atoms with van der Waals surface area (Å²) in [4.78, 5) is 11.7. The van der Waals surface area contributed by atoms with Crippen molar-refractivity contribution in [1.29, 1.82) is 0 Å². The van der Waals surface area contributed by atoms with Gasteiger partial charge in [-0.3, -0.25) is 4.79 Å². The first-order valence-corrected chi connectivity index (χ1v) is 7.94. The van der Waals surface area contributed by atoms with E-state index in [2.05, 4.69) is 20.8 Å². The van der Waals surface area contributed by atoms with E-state index in [-0.39, 0.29) is 12.1 Å². The second-order valence-electron chi connectivity index (χ2n) is 5.18. The van der Waals surface area contributed by atoms with Gasteiger partial charge in [-0.25, -0.2) is 0 Å². The molecule has 0 rings (SSSR count). The molecule has 0 bridgehead atoms. The number of rotatable bonds is 12. The maximum atomic E-state index is 11.7. The Morgan fingerprint density at radius 1 is 0.889 bits per heavy atom. The predicted octanol–water partition coefficient (Wildman–Crippen LogP) is 5.25. The molecular weight excluding hydrogens is 224 g/mol. The zero-order valence-electron chi connectivity index (χ0n) is 12.7. The SMILES string of the molecule is CCCCCCCC(=O)OC(CC)CCCCC. The van der Waals surface area contributed by atoms with Crippen molar-refractivity contribution in [3.8, 4) is 0 Å². The molecule has 0 radical (unpaired) electrons. The molecule has 0 spiro atoms. The highest BCUT2D eigenvalue weighted by Crippen LogP contribution is 2.12. The van der Waals surface area contributed by atoms with Crippen molar-refractivity contribution >= 4 is 5.97 Å². The van der Waals surface area contributed by atoms with E-state index in [1.165, 1.54) is 38.5 Å². The van der Waals surface area contributed by atoms with Gasteiger partial charge >= 0.3 is 5.97 Å². The van der Waals surface area contributed by atoms with Crippen molar-refractivity contribution in [3.05, 3.63) is 0 Å². The van der Waals surface area contributed by atoms with Gasteiger partial charge < -0.3 is 4.74 Å². The molecule has 0 aromatic carbocycles. The van der Waals surface area contributed by atoms with Crippen molar-refractivity contribution < 1.29 is 9.53 Å². The molecule has 18 heavy (non-hydrogen) atoms. The number of carbonyl (C=O) groups is 1. The minimum atomic E-state index is 0.00912. The topological polar surface area (TPSA) is 26.3 Å². The molecule has 2 nitrogen and oxygen atoms in total. The quantitative estimate of drug-likeness (QED) is 0.352. The molecule has 0 heterocycles. The van der Waals surface area contributed by atoms with Crippen LogP contribution in [0.2, 0.25) is 0 Å². The van der Waals surface area contributed by atoms with Crippen molar-refractivity contribution in [2.75, 3.05) is 0 Å². The first-order valence-electron chi connectivity index (χ1n) is 7.94. The van der Waals surface area contributed by atoms with Crippen LogP contribution in [0.15, 0.2) is 0 Å². The van der Waals surface area contributed by atoms with E-state index in [4.69, 9.17) is 4.74 Å². The minimum absolute atomic E-state index is 0.00912. The minimum Gasteiger partial charge on any atom is -0.462 e. The number of carbonyl (C=O) groups excluding carboxylic acids is 1. The summed E-state index contributed by atoms with van der Waals surface area (Å²) >= 11 is 0. The third kappa shape index (κ3) is 10.6. The average Bonchev–Trinajstić information content (AvgIpc) is 2.37. The van der Waals surface area contributed by atoms with Gasteiger partial charge in [0, 0.05) is 6.42 Å². The highest BCUT2D eigenvalue weighted by molar-refractivity contribution is 5.69. The zero-order valence-corrected chi connectivity index (χ0v) is 12.7. The van der Waals surface area contributed by atoms with Crippen molar-refractivity contribution in [2.45, 2.75) is 97.5 Å². The number of ether oxygens (including phenoxy) is 1. The average molecular weight is 256 g/mol. The van der Waals surface area contributed by atoms with E-state index < -0.39 is 0 Å². The molecule has 108 valence electrons. The van der Waals surface area contributed by atoms with Gasteiger partial charge in [0.05, 0.1) is 0 Å².